The van der Waals surface area contributed by atoms with E-state index in [1.165, 1.54) is 0 Å². The summed E-state index contributed by atoms with van der Waals surface area (Å²) in [5.74, 6) is -1.57. The van der Waals surface area contributed by atoms with Crippen molar-refractivity contribution in [1.29, 1.82) is 5.26 Å². The third-order valence-electron chi connectivity index (χ3n) is 3.94. The Hall–Kier alpha value is -3.08. The van der Waals surface area contributed by atoms with Gasteiger partial charge in [0.1, 0.15) is 5.75 Å². The SMILES string of the molecule is N#Cc1ccc(CS(=O)(=O)CC(=O)Nc2ccc(Cl)cc2-n2cccc2)cc1. The van der Waals surface area contributed by atoms with Crippen molar-refractivity contribution in [1.82, 2.24) is 4.57 Å². The molecule has 6 nitrogen and oxygen atoms in total. The van der Waals surface area contributed by atoms with Crippen molar-refractivity contribution in [2.45, 2.75) is 5.75 Å². The summed E-state index contributed by atoms with van der Waals surface area (Å²) in [6, 6.07) is 16.8. The number of carbonyl (C=O) groups is 1. The number of nitriles is 1. The van der Waals surface area contributed by atoms with Crippen molar-refractivity contribution in [3.8, 4) is 11.8 Å². The molecule has 0 unspecified atom stereocenters. The molecule has 3 aromatic rings. The summed E-state index contributed by atoms with van der Waals surface area (Å²) in [6.45, 7) is 0. The predicted octanol–water partition coefficient (Wildman–Crippen LogP) is 3.56. The number of hydrogen-bond donors (Lipinski definition) is 1. The van der Waals surface area contributed by atoms with E-state index in [-0.39, 0.29) is 5.75 Å². The Morgan fingerprint density at radius 2 is 1.79 bits per heavy atom. The Kier molecular flexibility index (Phi) is 5.83. The first-order valence-electron chi connectivity index (χ1n) is 8.28. The van der Waals surface area contributed by atoms with E-state index in [0.717, 1.165) is 0 Å². The van der Waals surface area contributed by atoms with Crippen LogP contribution in [0.3, 0.4) is 0 Å². The number of carbonyl (C=O) groups excluding carboxylic acids is 1. The fourth-order valence-electron chi connectivity index (χ4n) is 2.69. The molecule has 0 bridgehead atoms. The maximum absolute atomic E-state index is 12.4. The van der Waals surface area contributed by atoms with Crippen molar-refractivity contribution in [3.63, 3.8) is 0 Å². The summed E-state index contributed by atoms with van der Waals surface area (Å²) in [6.07, 6.45) is 3.59. The number of halogens is 1. The van der Waals surface area contributed by atoms with E-state index in [0.29, 0.717) is 27.5 Å². The summed E-state index contributed by atoms with van der Waals surface area (Å²) >= 11 is 6.05. The van der Waals surface area contributed by atoms with Crippen LogP contribution in [0.4, 0.5) is 5.69 Å². The minimum absolute atomic E-state index is 0.281. The van der Waals surface area contributed by atoms with Gasteiger partial charge < -0.3 is 9.88 Å². The van der Waals surface area contributed by atoms with Gasteiger partial charge in [0.05, 0.1) is 28.8 Å². The molecule has 0 fully saturated rings. The Balaban J connectivity index is 1.72. The summed E-state index contributed by atoms with van der Waals surface area (Å²) in [7, 11) is -3.68. The highest BCUT2D eigenvalue weighted by atomic mass is 35.5. The smallest absolute Gasteiger partial charge is 0.239 e. The van der Waals surface area contributed by atoms with E-state index in [1.807, 2.05) is 18.2 Å². The lowest BCUT2D eigenvalue weighted by atomic mass is 10.2. The molecule has 1 heterocycles. The first-order valence-corrected chi connectivity index (χ1v) is 10.5. The molecule has 0 spiro atoms. The zero-order valence-electron chi connectivity index (χ0n) is 14.7. The lowest BCUT2D eigenvalue weighted by Gasteiger charge is -2.13. The van der Waals surface area contributed by atoms with Crippen LogP contribution in [0.2, 0.25) is 5.02 Å². The molecule has 0 radical (unpaired) electrons. The highest BCUT2D eigenvalue weighted by Crippen LogP contribution is 2.25. The van der Waals surface area contributed by atoms with Crippen molar-refractivity contribution in [2.75, 3.05) is 11.1 Å². The number of anilines is 1. The monoisotopic (exact) mass is 413 g/mol. The van der Waals surface area contributed by atoms with Crippen LogP contribution >= 0.6 is 11.6 Å². The maximum Gasteiger partial charge on any atom is 0.239 e. The van der Waals surface area contributed by atoms with Crippen LogP contribution in [0.15, 0.2) is 67.0 Å². The molecule has 1 aromatic heterocycles. The van der Waals surface area contributed by atoms with E-state index in [1.54, 1.807) is 59.4 Å². The van der Waals surface area contributed by atoms with Crippen LogP contribution in [-0.4, -0.2) is 24.6 Å². The van der Waals surface area contributed by atoms with E-state index in [4.69, 9.17) is 16.9 Å². The molecule has 0 saturated heterocycles. The lowest BCUT2D eigenvalue weighted by molar-refractivity contribution is -0.113. The minimum atomic E-state index is -3.68. The van der Waals surface area contributed by atoms with Gasteiger partial charge >= 0.3 is 0 Å². The van der Waals surface area contributed by atoms with Crippen LogP contribution < -0.4 is 5.32 Å². The second-order valence-electron chi connectivity index (χ2n) is 6.14. The number of nitrogens with one attached hydrogen (secondary N) is 1. The van der Waals surface area contributed by atoms with Gasteiger partial charge in [-0.1, -0.05) is 23.7 Å². The van der Waals surface area contributed by atoms with Gasteiger partial charge in [0.25, 0.3) is 0 Å². The maximum atomic E-state index is 12.4. The highest BCUT2D eigenvalue weighted by Gasteiger charge is 2.19. The lowest BCUT2D eigenvalue weighted by Crippen LogP contribution is -2.24. The Morgan fingerprint density at radius 1 is 1.11 bits per heavy atom. The van der Waals surface area contributed by atoms with Crippen LogP contribution in [-0.2, 0) is 20.4 Å². The first-order chi connectivity index (χ1) is 13.4. The van der Waals surface area contributed by atoms with Gasteiger partial charge in [0.15, 0.2) is 9.84 Å². The molecular formula is C20H16ClN3O3S. The summed E-state index contributed by atoms with van der Waals surface area (Å²) < 4.78 is 26.5. The molecule has 0 saturated carbocycles. The average molecular weight is 414 g/mol. The van der Waals surface area contributed by atoms with Crippen LogP contribution in [0.5, 0.6) is 0 Å². The van der Waals surface area contributed by atoms with Crippen LogP contribution in [0.25, 0.3) is 5.69 Å². The normalized spacial score (nSPS) is 11.0. The van der Waals surface area contributed by atoms with Gasteiger partial charge in [-0.3, -0.25) is 4.79 Å². The molecule has 3 rings (SSSR count). The van der Waals surface area contributed by atoms with Crippen molar-refractivity contribution in [3.05, 3.63) is 83.1 Å². The Bertz CT molecular complexity index is 1130. The quantitative estimate of drug-likeness (QED) is 0.668. The summed E-state index contributed by atoms with van der Waals surface area (Å²) in [5.41, 5.74) is 2.06. The van der Waals surface area contributed by atoms with E-state index < -0.39 is 21.5 Å². The number of benzene rings is 2. The molecule has 8 heteroatoms. The van der Waals surface area contributed by atoms with Gasteiger partial charge in [0.2, 0.25) is 5.91 Å². The Labute approximate surface area is 167 Å². The molecule has 0 aliphatic heterocycles. The molecule has 1 N–H and O–H groups in total. The minimum Gasteiger partial charge on any atom is -0.323 e. The molecule has 0 aliphatic carbocycles. The second-order valence-corrected chi connectivity index (χ2v) is 8.64. The third kappa shape index (κ3) is 5.00. The number of amides is 1. The fraction of sp³-hybridized carbons (Fsp3) is 0.100. The summed E-state index contributed by atoms with van der Waals surface area (Å²) in [4.78, 5) is 12.3. The zero-order chi connectivity index (χ0) is 20.1. The first kappa shape index (κ1) is 19.7. The van der Waals surface area contributed by atoms with E-state index in [2.05, 4.69) is 5.32 Å². The second kappa shape index (κ2) is 8.30. The van der Waals surface area contributed by atoms with E-state index in [9.17, 15) is 13.2 Å². The molecule has 1 amide bonds. The molecule has 142 valence electrons. The molecule has 28 heavy (non-hydrogen) atoms. The number of rotatable bonds is 6. The molecule has 2 aromatic carbocycles. The fourth-order valence-corrected chi connectivity index (χ4v) is 4.13. The molecule has 0 atom stereocenters. The van der Waals surface area contributed by atoms with Crippen molar-refractivity contribution >= 4 is 33.0 Å². The number of sulfone groups is 1. The van der Waals surface area contributed by atoms with Gasteiger partial charge in [-0.15, -0.1) is 0 Å². The largest absolute Gasteiger partial charge is 0.323 e. The van der Waals surface area contributed by atoms with Gasteiger partial charge in [-0.05, 0) is 48.0 Å². The van der Waals surface area contributed by atoms with Crippen LogP contribution in [0.1, 0.15) is 11.1 Å². The number of nitrogens with zero attached hydrogens (tertiary/aromatic N) is 2. The number of hydrogen-bond acceptors (Lipinski definition) is 4. The molecule has 0 aliphatic rings. The van der Waals surface area contributed by atoms with Gasteiger partial charge in [-0.2, -0.15) is 5.26 Å². The van der Waals surface area contributed by atoms with Gasteiger partial charge in [0, 0.05) is 17.4 Å². The standard InChI is InChI=1S/C20H16ClN3O3S/c21-17-7-8-18(19(11-17)24-9-1-2-10-24)23-20(25)14-28(26,27)13-16-5-3-15(12-22)4-6-16/h1-11H,13-14H2,(H,23,25). The zero-order valence-corrected chi connectivity index (χ0v) is 16.2. The topological polar surface area (TPSA) is 92.0 Å². The Morgan fingerprint density at radius 3 is 2.43 bits per heavy atom. The van der Waals surface area contributed by atoms with Gasteiger partial charge in [-0.25, -0.2) is 8.42 Å². The van der Waals surface area contributed by atoms with Crippen LogP contribution in [0, 0.1) is 11.3 Å². The average Bonchev–Trinajstić information content (AvgIpc) is 3.17. The predicted molar refractivity (Wildman–Crippen MR) is 108 cm³/mol. The highest BCUT2D eigenvalue weighted by molar-refractivity contribution is 7.91. The van der Waals surface area contributed by atoms with E-state index >= 15 is 0 Å². The number of aromatic nitrogens is 1. The third-order valence-corrected chi connectivity index (χ3v) is 5.65. The molecular weight excluding hydrogens is 398 g/mol. The van der Waals surface area contributed by atoms with Crippen molar-refractivity contribution in [2.24, 2.45) is 0 Å². The summed E-state index contributed by atoms with van der Waals surface area (Å²) in [5, 5.41) is 11.9. The van der Waals surface area contributed by atoms with Crippen molar-refractivity contribution < 1.29 is 13.2 Å².